The van der Waals surface area contributed by atoms with Gasteiger partial charge in [0.05, 0.1) is 11.8 Å². The molecule has 0 saturated heterocycles. The van der Waals surface area contributed by atoms with Crippen molar-refractivity contribution in [2.75, 3.05) is 0 Å². The van der Waals surface area contributed by atoms with Gasteiger partial charge in [-0.3, -0.25) is 4.79 Å². The largest absolute Gasteiger partial charge is 0.416 e. The van der Waals surface area contributed by atoms with Gasteiger partial charge in [-0.25, -0.2) is 0 Å². The molecule has 1 rings (SSSR count). The SMILES string of the molecule is N=CC(=O)c1ccc(C(F)(F)F)cc1. The van der Waals surface area contributed by atoms with E-state index >= 15 is 0 Å². The average molecular weight is 201 g/mol. The van der Waals surface area contributed by atoms with Crippen LogP contribution < -0.4 is 0 Å². The Morgan fingerprint density at radius 1 is 1.21 bits per heavy atom. The van der Waals surface area contributed by atoms with Crippen LogP contribution in [0.25, 0.3) is 0 Å². The van der Waals surface area contributed by atoms with Crippen LogP contribution in [0.1, 0.15) is 15.9 Å². The Kier molecular flexibility index (Phi) is 2.69. The third-order valence-electron chi connectivity index (χ3n) is 1.63. The Bertz CT molecular complexity index is 353. The summed E-state index contributed by atoms with van der Waals surface area (Å²) in [5.41, 5.74) is -0.730. The number of carbonyl (C=O) groups is 1. The molecule has 0 radical (unpaired) electrons. The minimum Gasteiger partial charge on any atom is -0.305 e. The minimum atomic E-state index is -4.40. The molecule has 0 amide bonds. The number of ketones is 1. The molecule has 0 unspecified atom stereocenters. The highest BCUT2D eigenvalue weighted by Gasteiger charge is 2.30. The normalized spacial score (nSPS) is 11.1. The Hall–Kier alpha value is -1.65. The number of alkyl halides is 3. The Morgan fingerprint density at radius 3 is 2.07 bits per heavy atom. The molecule has 0 bridgehead atoms. The first-order chi connectivity index (χ1) is 6.45. The number of Topliss-reactive ketones (excluding diaryl/α,β-unsaturated/α-hetero) is 1. The molecule has 0 aliphatic heterocycles. The molecule has 0 aliphatic carbocycles. The van der Waals surface area contributed by atoms with E-state index in [-0.39, 0.29) is 5.56 Å². The molecule has 0 saturated carbocycles. The van der Waals surface area contributed by atoms with Gasteiger partial charge in [-0.15, -0.1) is 0 Å². The van der Waals surface area contributed by atoms with Crippen LogP contribution >= 0.6 is 0 Å². The minimum absolute atomic E-state index is 0.0769. The maximum absolute atomic E-state index is 12.1. The molecular weight excluding hydrogens is 195 g/mol. The van der Waals surface area contributed by atoms with Crippen molar-refractivity contribution >= 4 is 12.0 Å². The van der Waals surface area contributed by atoms with Crippen molar-refractivity contribution in [2.24, 2.45) is 0 Å². The molecule has 1 aromatic rings. The number of hydrogen-bond donors (Lipinski definition) is 1. The fourth-order valence-electron chi connectivity index (χ4n) is 0.907. The highest BCUT2D eigenvalue weighted by Crippen LogP contribution is 2.28. The summed E-state index contributed by atoms with van der Waals surface area (Å²) < 4.78 is 36.2. The van der Waals surface area contributed by atoms with Crippen molar-refractivity contribution in [1.82, 2.24) is 0 Å². The second kappa shape index (κ2) is 3.61. The molecule has 1 aromatic carbocycles. The maximum atomic E-state index is 12.1. The molecule has 5 heteroatoms. The highest BCUT2D eigenvalue weighted by atomic mass is 19.4. The zero-order valence-electron chi connectivity index (χ0n) is 6.93. The van der Waals surface area contributed by atoms with Gasteiger partial charge in [0.1, 0.15) is 0 Å². The molecule has 0 spiro atoms. The van der Waals surface area contributed by atoms with Crippen LogP contribution in [-0.4, -0.2) is 12.0 Å². The molecule has 1 N–H and O–H groups in total. The number of halogens is 3. The first-order valence-corrected chi connectivity index (χ1v) is 3.67. The van der Waals surface area contributed by atoms with Crippen LogP contribution in [0.2, 0.25) is 0 Å². The van der Waals surface area contributed by atoms with Crippen molar-refractivity contribution < 1.29 is 18.0 Å². The van der Waals surface area contributed by atoms with E-state index in [1.165, 1.54) is 0 Å². The molecule has 2 nitrogen and oxygen atoms in total. The lowest BCUT2D eigenvalue weighted by molar-refractivity contribution is -0.137. The number of benzene rings is 1. The van der Waals surface area contributed by atoms with Gasteiger partial charge in [0.2, 0.25) is 5.78 Å². The van der Waals surface area contributed by atoms with Gasteiger partial charge in [0, 0.05) is 5.56 Å². The van der Waals surface area contributed by atoms with E-state index in [9.17, 15) is 18.0 Å². The average Bonchev–Trinajstić information content (AvgIpc) is 2.15. The predicted molar refractivity (Wildman–Crippen MR) is 44.6 cm³/mol. The van der Waals surface area contributed by atoms with E-state index in [4.69, 9.17) is 5.41 Å². The fraction of sp³-hybridized carbons (Fsp3) is 0.111. The summed E-state index contributed by atoms with van der Waals surface area (Å²) in [6.07, 6.45) is -3.84. The molecule has 0 fully saturated rings. The van der Waals surface area contributed by atoms with Gasteiger partial charge in [-0.2, -0.15) is 13.2 Å². The van der Waals surface area contributed by atoms with Gasteiger partial charge in [-0.05, 0) is 12.1 Å². The smallest absolute Gasteiger partial charge is 0.305 e. The zero-order valence-corrected chi connectivity index (χ0v) is 6.93. The van der Waals surface area contributed by atoms with Crippen molar-refractivity contribution in [3.63, 3.8) is 0 Å². The standard InChI is InChI=1S/C9H6F3NO/c10-9(11,12)7-3-1-6(2-4-7)8(14)5-13/h1-5,13H. The van der Waals surface area contributed by atoms with Gasteiger partial charge >= 0.3 is 6.18 Å². The monoisotopic (exact) mass is 201 g/mol. The van der Waals surface area contributed by atoms with Crippen molar-refractivity contribution in [3.8, 4) is 0 Å². The van der Waals surface area contributed by atoms with Crippen LogP contribution in [0.15, 0.2) is 24.3 Å². The van der Waals surface area contributed by atoms with Crippen molar-refractivity contribution in [3.05, 3.63) is 35.4 Å². The lowest BCUT2D eigenvalue weighted by atomic mass is 10.1. The molecule has 0 atom stereocenters. The first-order valence-electron chi connectivity index (χ1n) is 3.67. The van der Waals surface area contributed by atoms with Crippen LogP contribution in [0.4, 0.5) is 13.2 Å². The number of carbonyl (C=O) groups excluding carboxylic acids is 1. The van der Waals surface area contributed by atoms with Crippen LogP contribution in [0.5, 0.6) is 0 Å². The van der Waals surface area contributed by atoms with E-state index in [0.29, 0.717) is 6.21 Å². The highest BCUT2D eigenvalue weighted by molar-refractivity contribution is 6.34. The molecular formula is C9H6F3NO. The summed E-state index contributed by atoms with van der Waals surface area (Å²) in [6, 6.07) is 3.74. The predicted octanol–water partition coefficient (Wildman–Crippen LogP) is 2.54. The maximum Gasteiger partial charge on any atom is 0.416 e. The number of hydrogen-bond acceptors (Lipinski definition) is 2. The fourth-order valence-corrected chi connectivity index (χ4v) is 0.907. The summed E-state index contributed by atoms with van der Waals surface area (Å²) in [5.74, 6) is -0.612. The zero-order chi connectivity index (χ0) is 10.8. The second-order valence-corrected chi connectivity index (χ2v) is 2.58. The van der Waals surface area contributed by atoms with Crippen LogP contribution in [-0.2, 0) is 6.18 Å². The molecule has 14 heavy (non-hydrogen) atoms. The molecule has 0 heterocycles. The molecule has 0 aromatic heterocycles. The summed E-state index contributed by atoms with van der Waals surface area (Å²) >= 11 is 0. The number of rotatable bonds is 2. The van der Waals surface area contributed by atoms with E-state index in [2.05, 4.69) is 0 Å². The Balaban J connectivity index is 3.00. The van der Waals surface area contributed by atoms with Gasteiger partial charge in [0.15, 0.2) is 0 Å². The summed E-state index contributed by atoms with van der Waals surface area (Å²) in [5, 5.41) is 6.63. The van der Waals surface area contributed by atoms with Crippen LogP contribution in [0.3, 0.4) is 0 Å². The number of nitrogens with one attached hydrogen (secondary N) is 1. The van der Waals surface area contributed by atoms with Gasteiger partial charge < -0.3 is 5.41 Å². The Labute approximate surface area is 77.9 Å². The summed E-state index contributed by atoms with van der Waals surface area (Å²) in [7, 11) is 0. The molecule has 0 aliphatic rings. The quantitative estimate of drug-likeness (QED) is 0.579. The third-order valence-corrected chi connectivity index (χ3v) is 1.63. The third kappa shape index (κ3) is 2.18. The van der Waals surface area contributed by atoms with E-state index in [1.807, 2.05) is 0 Å². The van der Waals surface area contributed by atoms with Crippen molar-refractivity contribution in [2.45, 2.75) is 6.18 Å². The van der Waals surface area contributed by atoms with Gasteiger partial charge in [-0.1, -0.05) is 12.1 Å². The lowest BCUT2D eigenvalue weighted by Gasteiger charge is -2.05. The van der Waals surface area contributed by atoms with E-state index in [0.717, 1.165) is 24.3 Å². The summed E-state index contributed by atoms with van der Waals surface area (Å²) in [6.45, 7) is 0. The molecule has 74 valence electrons. The van der Waals surface area contributed by atoms with E-state index in [1.54, 1.807) is 0 Å². The lowest BCUT2D eigenvalue weighted by Crippen LogP contribution is -2.06. The van der Waals surface area contributed by atoms with Crippen LogP contribution in [0, 0.1) is 5.41 Å². The van der Waals surface area contributed by atoms with E-state index < -0.39 is 17.5 Å². The summed E-state index contributed by atoms with van der Waals surface area (Å²) in [4.78, 5) is 10.9. The van der Waals surface area contributed by atoms with Crippen molar-refractivity contribution in [1.29, 1.82) is 5.41 Å². The first kappa shape index (κ1) is 10.4. The second-order valence-electron chi connectivity index (χ2n) is 2.58. The Morgan fingerprint density at radius 2 is 1.71 bits per heavy atom. The van der Waals surface area contributed by atoms with Gasteiger partial charge in [0.25, 0.3) is 0 Å². The topological polar surface area (TPSA) is 40.9 Å².